The first-order valence-corrected chi connectivity index (χ1v) is 8.65. The highest BCUT2D eigenvalue weighted by molar-refractivity contribution is 7.89. The van der Waals surface area contributed by atoms with Crippen molar-refractivity contribution in [1.82, 2.24) is 9.62 Å². The Bertz CT molecular complexity index is 311. The molecule has 1 rings (SSSR count). The Labute approximate surface area is 111 Å². The summed E-state index contributed by atoms with van der Waals surface area (Å²) in [7, 11) is -3.11. The third kappa shape index (κ3) is 6.13. The average Bonchev–Trinajstić information content (AvgIpc) is 2.32. The summed E-state index contributed by atoms with van der Waals surface area (Å²) in [5.41, 5.74) is 5.37. The van der Waals surface area contributed by atoms with Crippen LogP contribution in [0.4, 0.5) is 0 Å². The highest BCUT2D eigenvalue weighted by atomic mass is 32.2. The number of nitrogens with two attached hydrogens (primary N) is 1. The van der Waals surface area contributed by atoms with Gasteiger partial charge in [0, 0.05) is 6.04 Å². The number of hydrogen-bond acceptors (Lipinski definition) is 4. The molecule has 3 N–H and O–H groups in total. The lowest BCUT2D eigenvalue weighted by atomic mass is 10.1. The predicted molar refractivity (Wildman–Crippen MR) is 75.0 cm³/mol. The van der Waals surface area contributed by atoms with Crippen molar-refractivity contribution in [3.63, 3.8) is 0 Å². The van der Waals surface area contributed by atoms with E-state index in [-0.39, 0.29) is 11.8 Å². The van der Waals surface area contributed by atoms with E-state index in [0.29, 0.717) is 13.0 Å². The zero-order valence-electron chi connectivity index (χ0n) is 11.4. The number of sulfonamides is 1. The number of likely N-dealkylation sites (tertiary alicyclic amines) is 1. The monoisotopic (exact) mass is 277 g/mol. The quantitative estimate of drug-likeness (QED) is 0.634. The number of unbranched alkanes of at least 4 members (excludes halogenated alkanes) is 1. The highest BCUT2D eigenvalue weighted by Crippen LogP contribution is 2.11. The van der Waals surface area contributed by atoms with E-state index in [1.54, 1.807) is 0 Å². The number of nitrogens with one attached hydrogen (secondary N) is 1. The van der Waals surface area contributed by atoms with Crippen LogP contribution in [0, 0.1) is 0 Å². The Morgan fingerprint density at radius 1 is 1.28 bits per heavy atom. The minimum absolute atomic E-state index is 0.126. The molecule has 1 aliphatic heterocycles. The van der Waals surface area contributed by atoms with Crippen molar-refractivity contribution in [2.75, 3.05) is 31.9 Å². The third-order valence-corrected chi connectivity index (χ3v) is 4.86. The van der Waals surface area contributed by atoms with Crippen LogP contribution in [0.25, 0.3) is 0 Å². The van der Waals surface area contributed by atoms with E-state index in [2.05, 4.69) is 16.5 Å². The molecule has 6 heteroatoms. The molecule has 0 spiro atoms. The molecule has 0 aromatic carbocycles. The van der Waals surface area contributed by atoms with Gasteiger partial charge in [-0.05, 0) is 58.3 Å². The van der Waals surface area contributed by atoms with Crippen LogP contribution in [0.2, 0.25) is 0 Å². The van der Waals surface area contributed by atoms with Gasteiger partial charge in [0.05, 0.1) is 5.75 Å². The normalized spacial score (nSPS) is 19.2. The van der Waals surface area contributed by atoms with E-state index in [0.717, 1.165) is 45.3 Å². The maximum atomic E-state index is 11.8. The van der Waals surface area contributed by atoms with Gasteiger partial charge in [0.1, 0.15) is 0 Å². The first-order valence-electron chi connectivity index (χ1n) is 7.00. The molecular weight excluding hydrogens is 250 g/mol. The molecule has 5 nitrogen and oxygen atoms in total. The van der Waals surface area contributed by atoms with Crippen LogP contribution in [-0.4, -0.2) is 51.3 Å². The molecule has 0 bridgehead atoms. The molecule has 1 aliphatic rings. The molecule has 18 heavy (non-hydrogen) atoms. The van der Waals surface area contributed by atoms with Crippen molar-refractivity contribution in [3.8, 4) is 0 Å². The lowest BCUT2D eigenvalue weighted by Gasteiger charge is -2.31. The predicted octanol–water partition coefficient (Wildman–Crippen LogP) is 0.519. The van der Waals surface area contributed by atoms with Gasteiger partial charge >= 0.3 is 0 Å². The van der Waals surface area contributed by atoms with E-state index in [9.17, 15) is 8.42 Å². The van der Waals surface area contributed by atoms with Crippen molar-refractivity contribution in [1.29, 1.82) is 0 Å². The van der Waals surface area contributed by atoms with Gasteiger partial charge in [0.25, 0.3) is 0 Å². The van der Waals surface area contributed by atoms with Crippen LogP contribution in [0.3, 0.4) is 0 Å². The molecule has 0 aliphatic carbocycles. The Hall–Kier alpha value is -0.170. The smallest absolute Gasteiger partial charge is 0.211 e. The molecule has 1 saturated heterocycles. The van der Waals surface area contributed by atoms with Crippen molar-refractivity contribution < 1.29 is 8.42 Å². The third-order valence-electron chi connectivity index (χ3n) is 3.34. The summed E-state index contributed by atoms with van der Waals surface area (Å²) in [4.78, 5) is 2.40. The van der Waals surface area contributed by atoms with Crippen LogP contribution < -0.4 is 10.5 Å². The lowest BCUT2D eigenvalue weighted by molar-refractivity contribution is 0.208. The van der Waals surface area contributed by atoms with Crippen LogP contribution in [0.1, 0.15) is 39.0 Å². The number of rotatable bonds is 8. The highest BCUT2D eigenvalue weighted by Gasteiger charge is 2.22. The molecule has 0 unspecified atom stereocenters. The first-order chi connectivity index (χ1) is 8.57. The second-order valence-corrected chi connectivity index (χ2v) is 6.92. The summed E-state index contributed by atoms with van der Waals surface area (Å²) >= 11 is 0. The molecule has 0 atom stereocenters. The van der Waals surface area contributed by atoms with E-state index >= 15 is 0 Å². The van der Waals surface area contributed by atoms with E-state index < -0.39 is 10.0 Å². The fourth-order valence-electron chi connectivity index (χ4n) is 2.34. The number of hydrogen-bond donors (Lipinski definition) is 2. The second-order valence-electron chi connectivity index (χ2n) is 5.05. The van der Waals surface area contributed by atoms with Gasteiger partial charge in [-0.3, -0.25) is 0 Å². The fraction of sp³-hybridized carbons (Fsp3) is 1.00. The van der Waals surface area contributed by atoms with Gasteiger partial charge in [-0.2, -0.15) is 0 Å². The van der Waals surface area contributed by atoms with E-state index in [1.165, 1.54) is 0 Å². The Morgan fingerprint density at radius 3 is 2.50 bits per heavy atom. The lowest BCUT2D eigenvalue weighted by Crippen LogP contribution is -2.45. The van der Waals surface area contributed by atoms with Crippen molar-refractivity contribution in [2.24, 2.45) is 5.73 Å². The van der Waals surface area contributed by atoms with Crippen LogP contribution >= 0.6 is 0 Å². The minimum Gasteiger partial charge on any atom is -0.330 e. The van der Waals surface area contributed by atoms with Crippen LogP contribution in [0.15, 0.2) is 0 Å². The van der Waals surface area contributed by atoms with Crippen LogP contribution in [0.5, 0.6) is 0 Å². The summed E-state index contributed by atoms with van der Waals surface area (Å²) in [5.74, 6) is 0.208. The number of nitrogens with zero attached hydrogens (tertiary/aromatic N) is 1. The molecular formula is C12H27N3O2S. The second kappa shape index (κ2) is 8.09. The van der Waals surface area contributed by atoms with Gasteiger partial charge in [-0.15, -0.1) is 0 Å². The Morgan fingerprint density at radius 2 is 1.94 bits per heavy atom. The van der Waals surface area contributed by atoms with Gasteiger partial charge in [0.15, 0.2) is 0 Å². The number of piperidine rings is 1. The zero-order valence-corrected chi connectivity index (χ0v) is 12.2. The Balaban J connectivity index is 2.27. The molecule has 108 valence electrons. The van der Waals surface area contributed by atoms with E-state index in [1.807, 2.05) is 0 Å². The SMILES string of the molecule is CCCN1CCC(NS(=O)(=O)CCCCN)CC1. The molecule has 0 aromatic heterocycles. The van der Waals surface area contributed by atoms with Crippen LogP contribution in [-0.2, 0) is 10.0 Å². The molecule has 0 aromatic rings. The summed E-state index contributed by atoms with van der Waals surface area (Å²) in [6, 6.07) is 0.126. The summed E-state index contributed by atoms with van der Waals surface area (Å²) in [6.07, 6.45) is 4.44. The van der Waals surface area contributed by atoms with E-state index in [4.69, 9.17) is 5.73 Å². The van der Waals surface area contributed by atoms with Gasteiger partial charge < -0.3 is 10.6 Å². The van der Waals surface area contributed by atoms with Gasteiger partial charge in [-0.25, -0.2) is 13.1 Å². The first kappa shape index (κ1) is 15.9. The standard InChI is InChI=1S/C12H27N3O2S/c1-2-8-15-9-5-12(6-10-15)14-18(16,17)11-4-3-7-13/h12,14H,2-11,13H2,1H3. The average molecular weight is 277 g/mol. The maximum Gasteiger partial charge on any atom is 0.211 e. The van der Waals surface area contributed by atoms with Crippen molar-refractivity contribution in [3.05, 3.63) is 0 Å². The topological polar surface area (TPSA) is 75.4 Å². The molecule has 1 fully saturated rings. The Kier molecular flexibility index (Phi) is 7.14. The fourth-order valence-corrected chi connectivity index (χ4v) is 3.79. The van der Waals surface area contributed by atoms with Crippen molar-refractivity contribution in [2.45, 2.75) is 45.1 Å². The minimum atomic E-state index is -3.11. The molecule has 1 heterocycles. The molecule has 0 amide bonds. The summed E-state index contributed by atoms with van der Waals surface area (Å²) in [5, 5.41) is 0. The maximum absolute atomic E-state index is 11.8. The van der Waals surface area contributed by atoms with Gasteiger partial charge in [0.2, 0.25) is 10.0 Å². The summed E-state index contributed by atoms with van der Waals surface area (Å²) in [6.45, 7) is 5.86. The molecule has 0 saturated carbocycles. The molecule has 0 radical (unpaired) electrons. The van der Waals surface area contributed by atoms with Crippen molar-refractivity contribution >= 4 is 10.0 Å². The largest absolute Gasteiger partial charge is 0.330 e. The van der Waals surface area contributed by atoms with Gasteiger partial charge in [-0.1, -0.05) is 6.92 Å². The zero-order chi connectivity index (χ0) is 13.4. The summed E-state index contributed by atoms with van der Waals surface area (Å²) < 4.78 is 26.5.